The zero-order chi connectivity index (χ0) is 11.5. The summed E-state index contributed by atoms with van der Waals surface area (Å²) in [5.41, 5.74) is 7.60. The lowest BCUT2D eigenvalue weighted by atomic mass is 10.2. The third-order valence-electron chi connectivity index (χ3n) is 2.06. The molecule has 0 saturated carbocycles. The fourth-order valence-corrected chi connectivity index (χ4v) is 1.62. The zero-order valence-corrected chi connectivity index (χ0v) is 10.3. The van der Waals surface area contributed by atoms with E-state index in [4.69, 9.17) is 5.73 Å². The summed E-state index contributed by atoms with van der Waals surface area (Å²) in [6, 6.07) is 6.05. The van der Waals surface area contributed by atoms with Gasteiger partial charge in [0.05, 0.1) is 18.1 Å². The maximum absolute atomic E-state index is 5.46. The number of aromatic nitrogens is 2. The van der Waals surface area contributed by atoms with Crippen LogP contribution in [0.25, 0.3) is 0 Å². The summed E-state index contributed by atoms with van der Waals surface area (Å²) in [5, 5.41) is 3.16. The van der Waals surface area contributed by atoms with Crippen molar-refractivity contribution in [2.75, 3.05) is 11.1 Å². The van der Waals surface area contributed by atoms with Crippen LogP contribution in [0.4, 0.5) is 17.3 Å². The van der Waals surface area contributed by atoms with E-state index in [-0.39, 0.29) is 0 Å². The minimum atomic E-state index is 0.411. The second kappa shape index (κ2) is 4.49. The molecule has 0 aliphatic heterocycles. The van der Waals surface area contributed by atoms with Gasteiger partial charge in [-0.1, -0.05) is 6.07 Å². The molecule has 0 amide bonds. The molecule has 0 atom stereocenters. The lowest BCUT2D eigenvalue weighted by molar-refractivity contribution is 1.20. The molecule has 0 bridgehead atoms. The molecule has 0 fully saturated rings. The number of nitrogens with zero attached hydrogens (tertiary/aromatic N) is 2. The highest BCUT2D eigenvalue weighted by molar-refractivity contribution is 9.10. The second-order valence-electron chi connectivity index (χ2n) is 3.43. The summed E-state index contributed by atoms with van der Waals surface area (Å²) >= 11 is 3.47. The highest BCUT2D eigenvalue weighted by atomic mass is 79.9. The first-order chi connectivity index (χ1) is 7.65. The summed E-state index contributed by atoms with van der Waals surface area (Å²) in [4.78, 5) is 8.09. The molecule has 1 aromatic carbocycles. The SMILES string of the molecule is Cc1ccc(Br)c(Nc2cnc(N)cn2)c1. The first-order valence-corrected chi connectivity index (χ1v) is 5.55. The van der Waals surface area contributed by atoms with E-state index in [1.54, 1.807) is 6.20 Å². The van der Waals surface area contributed by atoms with E-state index in [9.17, 15) is 0 Å². The molecule has 0 aliphatic rings. The Morgan fingerprint density at radius 2 is 2.06 bits per heavy atom. The number of benzene rings is 1. The van der Waals surface area contributed by atoms with E-state index in [2.05, 4.69) is 31.2 Å². The van der Waals surface area contributed by atoms with Crippen LogP contribution in [0.5, 0.6) is 0 Å². The molecule has 1 heterocycles. The van der Waals surface area contributed by atoms with Crippen LogP contribution >= 0.6 is 15.9 Å². The van der Waals surface area contributed by atoms with Gasteiger partial charge in [-0.25, -0.2) is 9.97 Å². The quantitative estimate of drug-likeness (QED) is 0.887. The highest BCUT2D eigenvalue weighted by Crippen LogP contribution is 2.25. The Bertz CT molecular complexity index is 496. The van der Waals surface area contributed by atoms with Crippen LogP contribution in [-0.2, 0) is 0 Å². The van der Waals surface area contributed by atoms with Gasteiger partial charge < -0.3 is 11.1 Å². The lowest BCUT2D eigenvalue weighted by Gasteiger charge is -2.08. The minimum Gasteiger partial charge on any atom is -0.382 e. The molecule has 16 heavy (non-hydrogen) atoms. The van der Waals surface area contributed by atoms with E-state index >= 15 is 0 Å². The molecule has 2 rings (SSSR count). The van der Waals surface area contributed by atoms with Gasteiger partial charge in [-0.3, -0.25) is 0 Å². The minimum absolute atomic E-state index is 0.411. The predicted octanol–water partition coefficient (Wildman–Crippen LogP) is 2.87. The summed E-state index contributed by atoms with van der Waals surface area (Å²) in [6.45, 7) is 2.03. The van der Waals surface area contributed by atoms with Crippen molar-refractivity contribution >= 4 is 33.3 Å². The van der Waals surface area contributed by atoms with Crippen molar-refractivity contribution in [2.45, 2.75) is 6.92 Å². The lowest BCUT2D eigenvalue weighted by Crippen LogP contribution is -1.97. The molecule has 82 valence electrons. The van der Waals surface area contributed by atoms with E-state index in [1.807, 2.05) is 25.1 Å². The molecular formula is C11H11BrN4. The van der Waals surface area contributed by atoms with E-state index in [0.717, 1.165) is 10.2 Å². The molecule has 0 aliphatic carbocycles. The number of nitrogens with two attached hydrogens (primary N) is 1. The number of nitrogens with one attached hydrogen (secondary N) is 1. The van der Waals surface area contributed by atoms with Crippen molar-refractivity contribution < 1.29 is 0 Å². The Hall–Kier alpha value is -1.62. The van der Waals surface area contributed by atoms with Crippen molar-refractivity contribution in [2.24, 2.45) is 0 Å². The molecule has 0 saturated heterocycles. The number of halogens is 1. The summed E-state index contributed by atoms with van der Waals surface area (Å²) in [5.74, 6) is 1.08. The number of anilines is 3. The number of nitrogen functional groups attached to an aromatic ring is 1. The van der Waals surface area contributed by atoms with Crippen LogP contribution in [0.3, 0.4) is 0 Å². The van der Waals surface area contributed by atoms with Crippen LogP contribution in [0.1, 0.15) is 5.56 Å². The molecule has 0 unspecified atom stereocenters. The predicted molar refractivity (Wildman–Crippen MR) is 68.6 cm³/mol. The van der Waals surface area contributed by atoms with E-state index < -0.39 is 0 Å². The van der Waals surface area contributed by atoms with Crippen molar-refractivity contribution in [1.82, 2.24) is 9.97 Å². The Kier molecular flexibility index (Phi) is 3.05. The van der Waals surface area contributed by atoms with Crippen LogP contribution in [-0.4, -0.2) is 9.97 Å². The highest BCUT2D eigenvalue weighted by Gasteiger charge is 2.01. The molecule has 1 aromatic heterocycles. The van der Waals surface area contributed by atoms with Crippen LogP contribution < -0.4 is 11.1 Å². The molecule has 2 aromatic rings. The maximum atomic E-state index is 5.46. The Balaban J connectivity index is 2.26. The average Bonchev–Trinajstić information content (AvgIpc) is 2.27. The Labute approximate surface area is 102 Å². The molecule has 4 nitrogen and oxygen atoms in total. The van der Waals surface area contributed by atoms with Gasteiger partial charge in [0.25, 0.3) is 0 Å². The standard InChI is InChI=1S/C11H11BrN4/c1-7-2-3-8(12)9(4-7)16-11-6-14-10(13)5-15-11/h2-6H,1H3,(H2,13,14)(H,15,16). The summed E-state index contributed by atoms with van der Waals surface area (Å²) < 4.78 is 0.983. The van der Waals surface area contributed by atoms with Gasteiger partial charge in [-0.05, 0) is 40.5 Å². The first kappa shape index (κ1) is 10.9. The normalized spacial score (nSPS) is 10.1. The molecular weight excluding hydrogens is 268 g/mol. The smallest absolute Gasteiger partial charge is 0.149 e. The average molecular weight is 279 g/mol. The van der Waals surface area contributed by atoms with Crippen LogP contribution in [0.15, 0.2) is 35.1 Å². The summed E-state index contributed by atoms with van der Waals surface area (Å²) in [7, 11) is 0. The number of hydrogen-bond acceptors (Lipinski definition) is 4. The topological polar surface area (TPSA) is 63.8 Å². The molecule has 5 heteroatoms. The van der Waals surface area contributed by atoms with Crippen LogP contribution in [0.2, 0.25) is 0 Å². The second-order valence-corrected chi connectivity index (χ2v) is 4.29. The number of hydrogen-bond donors (Lipinski definition) is 2. The van der Waals surface area contributed by atoms with E-state index in [0.29, 0.717) is 11.6 Å². The fraction of sp³-hybridized carbons (Fsp3) is 0.0909. The van der Waals surface area contributed by atoms with Gasteiger partial charge in [0.15, 0.2) is 0 Å². The van der Waals surface area contributed by atoms with Gasteiger partial charge in [0, 0.05) is 4.47 Å². The van der Waals surface area contributed by atoms with Crippen molar-refractivity contribution in [3.8, 4) is 0 Å². The number of rotatable bonds is 2. The Morgan fingerprint density at radius 3 is 2.75 bits per heavy atom. The van der Waals surface area contributed by atoms with Gasteiger partial charge in [-0.15, -0.1) is 0 Å². The fourth-order valence-electron chi connectivity index (χ4n) is 1.28. The van der Waals surface area contributed by atoms with Crippen molar-refractivity contribution in [1.29, 1.82) is 0 Å². The van der Waals surface area contributed by atoms with Gasteiger partial charge in [0.1, 0.15) is 11.6 Å². The van der Waals surface area contributed by atoms with Gasteiger partial charge >= 0.3 is 0 Å². The molecule has 3 N–H and O–H groups in total. The summed E-state index contributed by atoms with van der Waals surface area (Å²) in [6.07, 6.45) is 3.12. The number of aryl methyl sites for hydroxylation is 1. The third kappa shape index (κ3) is 2.49. The third-order valence-corrected chi connectivity index (χ3v) is 2.75. The van der Waals surface area contributed by atoms with Crippen LogP contribution in [0, 0.1) is 6.92 Å². The van der Waals surface area contributed by atoms with Gasteiger partial charge in [-0.2, -0.15) is 0 Å². The Morgan fingerprint density at radius 1 is 1.25 bits per heavy atom. The van der Waals surface area contributed by atoms with Crippen molar-refractivity contribution in [3.05, 3.63) is 40.6 Å². The monoisotopic (exact) mass is 278 g/mol. The molecule has 0 spiro atoms. The first-order valence-electron chi connectivity index (χ1n) is 4.76. The molecule has 0 radical (unpaired) electrons. The van der Waals surface area contributed by atoms with Gasteiger partial charge in [0.2, 0.25) is 0 Å². The van der Waals surface area contributed by atoms with Crippen molar-refractivity contribution in [3.63, 3.8) is 0 Å². The maximum Gasteiger partial charge on any atom is 0.149 e. The van der Waals surface area contributed by atoms with E-state index in [1.165, 1.54) is 11.8 Å². The largest absolute Gasteiger partial charge is 0.382 e. The zero-order valence-electron chi connectivity index (χ0n) is 8.74.